The Bertz CT molecular complexity index is 464. The van der Waals surface area contributed by atoms with E-state index in [1.54, 1.807) is 19.1 Å². The van der Waals surface area contributed by atoms with Crippen LogP contribution in [-0.4, -0.2) is 30.1 Å². The van der Waals surface area contributed by atoms with Gasteiger partial charge in [-0.15, -0.1) is 0 Å². The Morgan fingerprint density at radius 2 is 2.26 bits per heavy atom. The fourth-order valence-corrected chi connectivity index (χ4v) is 1.98. The number of aliphatic hydroxyl groups is 1. The lowest BCUT2D eigenvalue weighted by Gasteiger charge is -2.21. The number of esters is 1. The number of aliphatic hydroxyl groups excluding tert-OH is 1. The zero-order chi connectivity index (χ0) is 14.4. The van der Waals surface area contributed by atoms with E-state index < -0.39 is 18.1 Å². The highest BCUT2D eigenvalue weighted by Crippen LogP contribution is 2.24. The summed E-state index contributed by atoms with van der Waals surface area (Å²) in [5.74, 6) is -0.668. The van der Waals surface area contributed by atoms with Gasteiger partial charge in [0.25, 0.3) is 0 Å². The first-order valence-electron chi connectivity index (χ1n) is 5.81. The molecule has 0 aromatic heterocycles. The molecule has 1 aromatic rings. The monoisotopic (exact) mass is 329 g/mol. The smallest absolute Gasteiger partial charge is 0.331 e. The Kier molecular flexibility index (Phi) is 5.98. The zero-order valence-electron chi connectivity index (χ0n) is 10.7. The summed E-state index contributed by atoms with van der Waals surface area (Å²) in [6, 6.07) is 4.10. The van der Waals surface area contributed by atoms with Crippen LogP contribution in [0.3, 0.4) is 0 Å². The van der Waals surface area contributed by atoms with Gasteiger partial charge in [0.15, 0.2) is 6.04 Å². The van der Waals surface area contributed by atoms with Crippen molar-refractivity contribution in [3.63, 3.8) is 0 Å². The van der Waals surface area contributed by atoms with Crippen molar-refractivity contribution >= 4 is 28.3 Å². The van der Waals surface area contributed by atoms with Crippen molar-refractivity contribution in [2.24, 2.45) is 0 Å². The molecular formula is C13H16BrNO4. The number of hydrogen-bond donors (Lipinski definition) is 2. The average molecular weight is 330 g/mol. The van der Waals surface area contributed by atoms with Crippen LogP contribution < -0.4 is 5.32 Å². The van der Waals surface area contributed by atoms with Gasteiger partial charge in [0.2, 0.25) is 6.41 Å². The molecule has 0 radical (unpaired) electrons. The summed E-state index contributed by atoms with van der Waals surface area (Å²) >= 11 is 3.35. The number of halogens is 1. The number of benzene rings is 1. The van der Waals surface area contributed by atoms with Gasteiger partial charge in [-0.3, -0.25) is 4.79 Å². The highest BCUT2D eigenvalue weighted by Gasteiger charge is 2.29. The van der Waals surface area contributed by atoms with E-state index >= 15 is 0 Å². The molecule has 0 fully saturated rings. The molecule has 2 N–H and O–H groups in total. The lowest BCUT2D eigenvalue weighted by Crippen LogP contribution is -2.42. The standard InChI is InChI=1S/C13H16BrNO4/c1-3-19-13(18)11(15-7-16)12(17)9-5-4-8(2)10(14)6-9/h4-7,11-12,17H,3H2,1-2H3,(H,15,16). The quantitative estimate of drug-likeness (QED) is 0.612. The van der Waals surface area contributed by atoms with Gasteiger partial charge < -0.3 is 15.2 Å². The van der Waals surface area contributed by atoms with Crippen LogP contribution in [0.2, 0.25) is 0 Å². The number of aryl methyl sites for hydroxylation is 1. The van der Waals surface area contributed by atoms with Crippen LogP contribution in [0.25, 0.3) is 0 Å². The van der Waals surface area contributed by atoms with Crippen LogP contribution in [-0.2, 0) is 14.3 Å². The van der Waals surface area contributed by atoms with Gasteiger partial charge in [-0.1, -0.05) is 28.1 Å². The molecular weight excluding hydrogens is 314 g/mol. The van der Waals surface area contributed by atoms with Crippen molar-refractivity contribution in [2.45, 2.75) is 26.0 Å². The van der Waals surface area contributed by atoms with E-state index in [2.05, 4.69) is 21.2 Å². The fourth-order valence-electron chi connectivity index (χ4n) is 1.58. The van der Waals surface area contributed by atoms with Gasteiger partial charge in [0, 0.05) is 4.47 Å². The van der Waals surface area contributed by atoms with E-state index in [1.165, 1.54) is 0 Å². The molecule has 1 rings (SSSR count). The summed E-state index contributed by atoms with van der Waals surface area (Å²) in [6.45, 7) is 3.75. The second-order valence-corrected chi connectivity index (χ2v) is 4.82. The Morgan fingerprint density at radius 3 is 2.79 bits per heavy atom. The Hall–Kier alpha value is -1.40. The topological polar surface area (TPSA) is 75.6 Å². The molecule has 6 heteroatoms. The number of carbonyl (C=O) groups is 2. The largest absolute Gasteiger partial charge is 0.464 e. The van der Waals surface area contributed by atoms with Crippen LogP contribution in [0, 0.1) is 6.92 Å². The van der Waals surface area contributed by atoms with Crippen LogP contribution in [0.1, 0.15) is 24.2 Å². The van der Waals surface area contributed by atoms with Crippen molar-refractivity contribution in [1.29, 1.82) is 0 Å². The normalized spacial score (nSPS) is 13.5. The summed E-state index contributed by atoms with van der Waals surface area (Å²) < 4.78 is 5.64. The molecule has 0 spiro atoms. The van der Waals surface area contributed by atoms with Crippen molar-refractivity contribution < 1.29 is 19.4 Å². The van der Waals surface area contributed by atoms with Crippen molar-refractivity contribution in [3.05, 3.63) is 33.8 Å². The van der Waals surface area contributed by atoms with Crippen LogP contribution in [0.15, 0.2) is 22.7 Å². The number of hydrogen-bond acceptors (Lipinski definition) is 4. The number of nitrogens with one attached hydrogen (secondary N) is 1. The van der Waals surface area contributed by atoms with Gasteiger partial charge in [-0.2, -0.15) is 0 Å². The van der Waals surface area contributed by atoms with Gasteiger partial charge in [-0.05, 0) is 31.0 Å². The Labute approximate surface area is 120 Å². The Balaban J connectivity index is 2.97. The zero-order valence-corrected chi connectivity index (χ0v) is 12.3. The van der Waals surface area contributed by atoms with E-state index in [9.17, 15) is 14.7 Å². The first-order chi connectivity index (χ1) is 9.01. The van der Waals surface area contributed by atoms with Gasteiger partial charge in [0.05, 0.1) is 6.61 Å². The molecule has 2 unspecified atom stereocenters. The molecule has 1 amide bonds. The number of carbonyl (C=O) groups excluding carboxylic acids is 2. The van der Waals surface area contributed by atoms with Gasteiger partial charge in [-0.25, -0.2) is 4.79 Å². The molecule has 19 heavy (non-hydrogen) atoms. The highest BCUT2D eigenvalue weighted by atomic mass is 79.9. The maximum Gasteiger partial charge on any atom is 0.331 e. The molecule has 104 valence electrons. The molecule has 1 aromatic carbocycles. The number of ether oxygens (including phenoxy) is 1. The first kappa shape index (κ1) is 15.7. The lowest BCUT2D eigenvalue weighted by atomic mass is 10.0. The molecule has 0 aliphatic carbocycles. The van der Waals surface area contributed by atoms with E-state index in [0.717, 1.165) is 10.0 Å². The third kappa shape index (κ3) is 4.04. The maximum atomic E-state index is 11.7. The van der Waals surface area contributed by atoms with Crippen molar-refractivity contribution in [2.75, 3.05) is 6.61 Å². The van der Waals surface area contributed by atoms with E-state index in [0.29, 0.717) is 12.0 Å². The lowest BCUT2D eigenvalue weighted by molar-refractivity contribution is -0.149. The van der Waals surface area contributed by atoms with Gasteiger partial charge >= 0.3 is 5.97 Å². The first-order valence-corrected chi connectivity index (χ1v) is 6.61. The second-order valence-electron chi connectivity index (χ2n) is 3.97. The summed E-state index contributed by atoms with van der Waals surface area (Å²) in [7, 11) is 0. The molecule has 2 atom stereocenters. The third-order valence-electron chi connectivity index (χ3n) is 2.64. The van der Waals surface area contributed by atoms with Crippen LogP contribution in [0.4, 0.5) is 0 Å². The van der Waals surface area contributed by atoms with Crippen LogP contribution in [0.5, 0.6) is 0 Å². The van der Waals surface area contributed by atoms with Gasteiger partial charge in [0.1, 0.15) is 6.10 Å². The molecule has 5 nitrogen and oxygen atoms in total. The Morgan fingerprint density at radius 1 is 1.58 bits per heavy atom. The molecule has 0 aliphatic rings. The number of amides is 1. The molecule has 0 aliphatic heterocycles. The van der Waals surface area contributed by atoms with Crippen molar-refractivity contribution in [3.8, 4) is 0 Å². The molecule has 0 bridgehead atoms. The molecule has 0 heterocycles. The summed E-state index contributed by atoms with van der Waals surface area (Å²) in [4.78, 5) is 22.2. The third-order valence-corrected chi connectivity index (χ3v) is 3.50. The van der Waals surface area contributed by atoms with E-state index in [4.69, 9.17) is 4.74 Å². The SMILES string of the molecule is CCOC(=O)C(NC=O)C(O)c1ccc(C)c(Br)c1. The fraction of sp³-hybridized carbons (Fsp3) is 0.385. The summed E-state index contributed by atoms with van der Waals surface area (Å²) in [5, 5.41) is 12.5. The predicted octanol–water partition coefficient (Wildman–Crippen LogP) is 1.47. The van der Waals surface area contributed by atoms with Crippen molar-refractivity contribution in [1.82, 2.24) is 5.32 Å². The highest BCUT2D eigenvalue weighted by molar-refractivity contribution is 9.10. The minimum Gasteiger partial charge on any atom is -0.464 e. The van der Waals surface area contributed by atoms with Crippen LogP contribution >= 0.6 is 15.9 Å². The second kappa shape index (κ2) is 7.25. The molecule has 0 saturated heterocycles. The minimum atomic E-state index is -1.17. The number of rotatable bonds is 6. The minimum absolute atomic E-state index is 0.181. The van der Waals surface area contributed by atoms with E-state index in [1.807, 2.05) is 13.0 Å². The van der Waals surface area contributed by atoms with E-state index in [-0.39, 0.29) is 6.61 Å². The maximum absolute atomic E-state index is 11.7. The summed E-state index contributed by atoms with van der Waals surface area (Å²) in [6.07, 6.45) is -0.797. The predicted molar refractivity (Wildman–Crippen MR) is 73.5 cm³/mol. The molecule has 0 saturated carbocycles. The summed E-state index contributed by atoms with van der Waals surface area (Å²) in [5.41, 5.74) is 1.52. The average Bonchev–Trinajstić information content (AvgIpc) is 2.38.